The predicted octanol–water partition coefficient (Wildman–Crippen LogP) is 2.10. The zero-order valence-electron chi connectivity index (χ0n) is 12.2. The minimum Gasteiger partial charge on any atom is -0.371 e. The van der Waals surface area contributed by atoms with E-state index in [0.717, 1.165) is 28.9 Å². The molecule has 0 bridgehead atoms. The average molecular weight is 305 g/mol. The monoisotopic (exact) mass is 305 g/mol. The highest BCUT2D eigenvalue weighted by molar-refractivity contribution is 7.20. The predicted molar refractivity (Wildman–Crippen MR) is 83.8 cm³/mol. The fourth-order valence-electron chi connectivity index (χ4n) is 2.52. The fraction of sp³-hybridized carbons (Fsp3) is 0.467. The van der Waals surface area contributed by atoms with E-state index in [-0.39, 0.29) is 18.1 Å². The van der Waals surface area contributed by atoms with Crippen LogP contribution in [0.3, 0.4) is 0 Å². The van der Waals surface area contributed by atoms with Crippen LogP contribution >= 0.6 is 11.3 Å². The second-order valence-corrected chi connectivity index (χ2v) is 6.39. The van der Waals surface area contributed by atoms with E-state index < -0.39 is 0 Å². The molecule has 1 atom stereocenters. The summed E-state index contributed by atoms with van der Waals surface area (Å²) in [6.07, 6.45) is 1.66. The van der Waals surface area contributed by atoms with Crippen LogP contribution in [0.5, 0.6) is 0 Å². The Morgan fingerprint density at radius 1 is 1.57 bits per heavy atom. The fourth-order valence-corrected chi connectivity index (χ4v) is 3.62. The van der Waals surface area contributed by atoms with Crippen LogP contribution in [-0.2, 0) is 4.74 Å². The Balaban J connectivity index is 2.07. The number of thiophene rings is 1. The number of rotatable bonds is 3. The second-order valence-electron chi connectivity index (χ2n) is 5.39. The first-order chi connectivity index (χ1) is 10.2. The van der Waals surface area contributed by atoms with Gasteiger partial charge in [-0.05, 0) is 19.9 Å². The lowest BCUT2D eigenvalue weighted by molar-refractivity contribution is 0.0282. The molecule has 1 fully saturated rings. The molecule has 112 valence electrons. The van der Waals surface area contributed by atoms with Crippen LogP contribution in [0.15, 0.2) is 18.3 Å². The lowest BCUT2D eigenvalue weighted by atomic mass is 10.0. The third-order valence-corrected chi connectivity index (χ3v) is 4.51. The molecule has 1 aliphatic heterocycles. The standard InChI is InChI=1S/C15H19N3O2S/c1-9(2)18-14(19)13-12(11-8-16-6-7-20-11)10-4-3-5-17-15(10)21-13/h3-5,9,11,16H,6-8H2,1-2H3,(H,18,19). The maximum Gasteiger partial charge on any atom is 0.262 e. The number of carbonyl (C=O) groups excluding carboxylic acids is 1. The highest BCUT2D eigenvalue weighted by Gasteiger charge is 2.27. The smallest absolute Gasteiger partial charge is 0.262 e. The van der Waals surface area contributed by atoms with Gasteiger partial charge < -0.3 is 15.4 Å². The molecule has 21 heavy (non-hydrogen) atoms. The van der Waals surface area contributed by atoms with Crippen molar-refractivity contribution in [1.29, 1.82) is 0 Å². The van der Waals surface area contributed by atoms with Crippen LogP contribution in [0, 0.1) is 0 Å². The van der Waals surface area contributed by atoms with E-state index >= 15 is 0 Å². The number of nitrogens with one attached hydrogen (secondary N) is 2. The normalized spacial score (nSPS) is 19.1. The van der Waals surface area contributed by atoms with Crippen molar-refractivity contribution in [2.75, 3.05) is 19.7 Å². The van der Waals surface area contributed by atoms with Crippen molar-refractivity contribution in [1.82, 2.24) is 15.6 Å². The van der Waals surface area contributed by atoms with Gasteiger partial charge in [-0.3, -0.25) is 4.79 Å². The number of ether oxygens (including phenoxy) is 1. The van der Waals surface area contributed by atoms with Gasteiger partial charge in [-0.2, -0.15) is 0 Å². The van der Waals surface area contributed by atoms with Crippen LogP contribution in [0.1, 0.15) is 35.2 Å². The Kier molecular flexibility index (Phi) is 4.19. The first-order valence-corrected chi connectivity index (χ1v) is 7.99. The molecule has 0 aliphatic carbocycles. The van der Waals surface area contributed by atoms with Crippen molar-refractivity contribution < 1.29 is 9.53 Å². The Labute approximate surface area is 127 Å². The maximum atomic E-state index is 12.5. The summed E-state index contributed by atoms with van der Waals surface area (Å²) in [5.41, 5.74) is 0.966. The molecule has 1 amide bonds. The van der Waals surface area contributed by atoms with Crippen molar-refractivity contribution >= 4 is 27.5 Å². The summed E-state index contributed by atoms with van der Waals surface area (Å²) >= 11 is 1.44. The number of fused-ring (bicyclic) bond motifs is 1. The molecule has 1 saturated heterocycles. The number of amides is 1. The van der Waals surface area contributed by atoms with Crippen LogP contribution in [-0.4, -0.2) is 36.6 Å². The Morgan fingerprint density at radius 2 is 2.43 bits per heavy atom. The van der Waals surface area contributed by atoms with Crippen LogP contribution in [0.4, 0.5) is 0 Å². The van der Waals surface area contributed by atoms with Crippen molar-refractivity contribution in [2.24, 2.45) is 0 Å². The van der Waals surface area contributed by atoms with E-state index in [9.17, 15) is 4.79 Å². The van der Waals surface area contributed by atoms with E-state index in [4.69, 9.17) is 4.74 Å². The van der Waals surface area contributed by atoms with Crippen LogP contribution < -0.4 is 10.6 Å². The molecule has 3 heterocycles. The third kappa shape index (κ3) is 2.92. The summed E-state index contributed by atoms with van der Waals surface area (Å²) in [5.74, 6) is -0.0443. The first-order valence-electron chi connectivity index (χ1n) is 7.17. The number of pyridine rings is 1. The van der Waals surface area contributed by atoms with E-state index in [1.807, 2.05) is 26.0 Å². The molecule has 1 aliphatic rings. The van der Waals surface area contributed by atoms with Crippen molar-refractivity contribution in [2.45, 2.75) is 26.0 Å². The molecule has 3 rings (SSSR count). The summed E-state index contributed by atoms with van der Waals surface area (Å²) in [5, 5.41) is 7.31. The molecular formula is C15H19N3O2S. The third-order valence-electron chi connectivity index (χ3n) is 3.38. The number of hydrogen-bond donors (Lipinski definition) is 2. The summed E-state index contributed by atoms with van der Waals surface area (Å²) in [6, 6.07) is 4.02. The molecule has 6 heteroatoms. The molecule has 0 saturated carbocycles. The summed E-state index contributed by atoms with van der Waals surface area (Å²) in [4.78, 5) is 18.5. The van der Waals surface area contributed by atoms with E-state index in [2.05, 4.69) is 15.6 Å². The van der Waals surface area contributed by atoms with E-state index in [1.54, 1.807) is 6.20 Å². The summed E-state index contributed by atoms with van der Waals surface area (Å²) < 4.78 is 5.86. The second kappa shape index (κ2) is 6.09. The highest BCUT2D eigenvalue weighted by atomic mass is 32.1. The Bertz CT molecular complexity index is 647. The topological polar surface area (TPSA) is 63.2 Å². The molecule has 2 aromatic heterocycles. The number of morpholine rings is 1. The van der Waals surface area contributed by atoms with Gasteiger partial charge >= 0.3 is 0 Å². The molecule has 0 radical (unpaired) electrons. The van der Waals surface area contributed by atoms with Gasteiger partial charge in [0, 0.05) is 36.3 Å². The molecule has 1 unspecified atom stereocenters. The molecule has 5 nitrogen and oxygen atoms in total. The van der Waals surface area contributed by atoms with Gasteiger partial charge in [-0.25, -0.2) is 4.98 Å². The number of aromatic nitrogens is 1. The van der Waals surface area contributed by atoms with E-state index in [1.165, 1.54) is 11.3 Å². The first kappa shape index (κ1) is 14.4. The zero-order chi connectivity index (χ0) is 14.8. The molecule has 0 aromatic carbocycles. The molecule has 0 spiro atoms. The number of hydrogen-bond acceptors (Lipinski definition) is 5. The minimum atomic E-state index is -0.0930. The Hall–Kier alpha value is -1.50. The lowest BCUT2D eigenvalue weighted by Crippen LogP contribution is -2.35. The van der Waals surface area contributed by atoms with Gasteiger partial charge in [0.05, 0.1) is 12.7 Å². The Morgan fingerprint density at radius 3 is 3.14 bits per heavy atom. The van der Waals surface area contributed by atoms with Crippen molar-refractivity contribution in [3.63, 3.8) is 0 Å². The maximum absolute atomic E-state index is 12.5. The SMILES string of the molecule is CC(C)NC(=O)c1sc2ncccc2c1C1CNCCO1. The van der Waals surface area contributed by atoms with Gasteiger partial charge in [-0.1, -0.05) is 6.07 Å². The quantitative estimate of drug-likeness (QED) is 0.911. The van der Waals surface area contributed by atoms with Crippen molar-refractivity contribution in [3.05, 3.63) is 28.8 Å². The lowest BCUT2D eigenvalue weighted by Gasteiger charge is -2.24. The zero-order valence-corrected chi connectivity index (χ0v) is 13.0. The summed E-state index contributed by atoms with van der Waals surface area (Å²) in [6.45, 7) is 6.16. The molecule has 2 N–H and O–H groups in total. The van der Waals surface area contributed by atoms with Gasteiger partial charge in [-0.15, -0.1) is 11.3 Å². The van der Waals surface area contributed by atoms with Gasteiger partial charge in [0.1, 0.15) is 9.71 Å². The van der Waals surface area contributed by atoms with Gasteiger partial charge in [0.15, 0.2) is 0 Å². The molecule has 2 aromatic rings. The number of nitrogens with zero attached hydrogens (tertiary/aromatic N) is 1. The van der Waals surface area contributed by atoms with Gasteiger partial charge in [0.2, 0.25) is 0 Å². The largest absolute Gasteiger partial charge is 0.371 e. The van der Waals surface area contributed by atoms with E-state index in [0.29, 0.717) is 11.5 Å². The minimum absolute atomic E-state index is 0.0443. The number of carbonyl (C=O) groups is 1. The van der Waals surface area contributed by atoms with Crippen molar-refractivity contribution in [3.8, 4) is 0 Å². The van der Waals surface area contributed by atoms with Crippen LogP contribution in [0.25, 0.3) is 10.2 Å². The highest BCUT2D eigenvalue weighted by Crippen LogP contribution is 2.36. The average Bonchev–Trinajstić information content (AvgIpc) is 2.87. The van der Waals surface area contributed by atoms with Crippen LogP contribution in [0.2, 0.25) is 0 Å². The summed E-state index contributed by atoms with van der Waals surface area (Å²) in [7, 11) is 0. The van der Waals surface area contributed by atoms with Gasteiger partial charge in [0.25, 0.3) is 5.91 Å². The molecular weight excluding hydrogens is 286 g/mol.